The Kier molecular flexibility index (Phi) is 3.02. The first-order valence-electron chi connectivity index (χ1n) is 6.42. The number of nitrogens with zero attached hydrogens (tertiary/aromatic N) is 1. The Morgan fingerprint density at radius 3 is 2.90 bits per heavy atom. The number of benzene rings is 1. The largest absolute Gasteiger partial charge is 0.361 e. The van der Waals surface area contributed by atoms with Crippen LogP contribution in [0.2, 0.25) is 0 Å². The maximum absolute atomic E-state index is 12.1. The molecule has 20 heavy (non-hydrogen) atoms. The molecule has 0 spiro atoms. The number of H-pyrrole nitrogens is 1. The number of aromatic nitrogens is 2. The van der Waals surface area contributed by atoms with E-state index in [1.165, 1.54) is 0 Å². The van der Waals surface area contributed by atoms with E-state index < -0.39 is 0 Å². The molecule has 5 heteroatoms. The van der Waals surface area contributed by atoms with E-state index in [4.69, 9.17) is 4.52 Å². The lowest BCUT2D eigenvalue weighted by molar-refractivity contribution is 0.0946. The summed E-state index contributed by atoms with van der Waals surface area (Å²) in [5, 5.41) is 7.69. The molecule has 0 aliphatic rings. The Balaban J connectivity index is 1.77. The number of fused-ring (bicyclic) bond motifs is 1. The molecular formula is C15H15N3O2. The Morgan fingerprint density at radius 2 is 2.20 bits per heavy atom. The molecular weight excluding hydrogens is 254 g/mol. The summed E-state index contributed by atoms with van der Waals surface area (Å²) >= 11 is 0. The SMILES string of the molecule is Cc1cc(CNC(=O)c2cc3cccc(C)c3[nH]2)no1. The van der Waals surface area contributed by atoms with Crippen molar-refractivity contribution < 1.29 is 9.32 Å². The summed E-state index contributed by atoms with van der Waals surface area (Å²) in [5.74, 6) is 0.580. The standard InChI is InChI=1S/C15H15N3O2/c1-9-4-3-5-11-7-13(17-14(9)11)15(19)16-8-12-6-10(2)20-18-12/h3-7,17H,8H2,1-2H3,(H,16,19). The number of para-hydroxylation sites is 1. The average Bonchev–Trinajstić information content (AvgIpc) is 3.03. The van der Waals surface area contributed by atoms with Crippen LogP contribution in [0.25, 0.3) is 10.9 Å². The van der Waals surface area contributed by atoms with Crippen molar-refractivity contribution in [1.29, 1.82) is 0 Å². The van der Waals surface area contributed by atoms with Gasteiger partial charge in [-0.25, -0.2) is 0 Å². The normalized spacial score (nSPS) is 10.9. The minimum atomic E-state index is -0.152. The quantitative estimate of drug-likeness (QED) is 0.768. The molecule has 0 aliphatic carbocycles. The molecule has 0 bridgehead atoms. The molecule has 0 unspecified atom stereocenters. The number of aryl methyl sites for hydroxylation is 2. The molecule has 0 atom stereocenters. The van der Waals surface area contributed by atoms with Crippen LogP contribution in [0.5, 0.6) is 0 Å². The highest BCUT2D eigenvalue weighted by Gasteiger charge is 2.11. The van der Waals surface area contributed by atoms with E-state index >= 15 is 0 Å². The molecule has 1 aromatic carbocycles. The van der Waals surface area contributed by atoms with Crippen molar-refractivity contribution in [3.63, 3.8) is 0 Å². The molecule has 2 aromatic heterocycles. The number of rotatable bonds is 3. The first-order chi connectivity index (χ1) is 9.63. The van der Waals surface area contributed by atoms with Crippen LogP contribution in [0.3, 0.4) is 0 Å². The Labute approximate surface area is 116 Å². The second kappa shape index (κ2) is 4.85. The highest BCUT2D eigenvalue weighted by molar-refractivity contribution is 5.98. The van der Waals surface area contributed by atoms with Gasteiger partial charge in [-0.15, -0.1) is 0 Å². The van der Waals surface area contributed by atoms with Gasteiger partial charge in [0.1, 0.15) is 17.1 Å². The summed E-state index contributed by atoms with van der Waals surface area (Å²) in [4.78, 5) is 15.3. The number of amides is 1. The average molecular weight is 269 g/mol. The fraction of sp³-hybridized carbons (Fsp3) is 0.200. The smallest absolute Gasteiger partial charge is 0.268 e. The van der Waals surface area contributed by atoms with Crippen molar-refractivity contribution in [2.24, 2.45) is 0 Å². The summed E-state index contributed by atoms with van der Waals surface area (Å²) < 4.78 is 4.96. The second-order valence-electron chi connectivity index (χ2n) is 4.83. The fourth-order valence-electron chi connectivity index (χ4n) is 2.20. The second-order valence-corrected chi connectivity index (χ2v) is 4.83. The number of hydrogen-bond donors (Lipinski definition) is 2. The van der Waals surface area contributed by atoms with E-state index in [-0.39, 0.29) is 5.91 Å². The van der Waals surface area contributed by atoms with Crippen LogP contribution in [-0.2, 0) is 6.54 Å². The lowest BCUT2D eigenvalue weighted by atomic mass is 10.2. The Morgan fingerprint density at radius 1 is 1.35 bits per heavy atom. The molecule has 2 heterocycles. The maximum atomic E-state index is 12.1. The van der Waals surface area contributed by atoms with Gasteiger partial charge < -0.3 is 14.8 Å². The lowest BCUT2D eigenvalue weighted by Crippen LogP contribution is -2.23. The zero-order chi connectivity index (χ0) is 14.1. The van der Waals surface area contributed by atoms with Crippen LogP contribution >= 0.6 is 0 Å². The van der Waals surface area contributed by atoms with Crippen LogP contribution in [-0.4, -0.2) is 16.0 Å². The van der Waals surface area contributed by atoms with Crippen LogP contribution in [0.1, 0.15) is 27.5 Å². The van der Waals surface area contributed by atoms with E-state index in [0.717, 1.165) is 22.2 Å². The van der Waals surface area contributed by atoms with E-state index in [0.29, 0.717) is 17.9 Å². The molecule has 0 saturated heterocycles. The van der Waals surface area contributed by atoms with Crippen LogP contribution in [0, 0.1) is 13.8 Å². The van der Waals surface area contributed by atoms with Gasteiger partial charge in [0.15, 0.2) is 0 Å². The van der Waals surface area contributed by atoms with Crippen LogP contribution in [0.15, 0.2) is 34.9 Å². The summed E-state index contributed by atoms with van der Waals surface area (Å²) in [6.45, 7) is 4.18. The number of carbonyl (C=O) groups excluding carboxylic acids is 1. The predicted octanol–water partition coefficient (Wildman–Crippen LogP) is 2.70. The Hall–Kier alpha value is -2.56. The van der Waals surface area contributed by atoms with Gasteiger partial charge in [-0.05, 0) is 25.5 Å². The van der Waals surface area contributed by atoms with Gasteiger partial charge in [0.25, 0.3) is 5.91 Å². The number of nitrogens with one attached hydrogen (secondary N) is 2. The minimum Gasteiger partial charge on any atom is -0.361 e. The van der Waals surface area contributed by atoms with Crippen LogP contribution < -0.4 is 5.32 Å². The summed E-state index contributed by atoms with van der Waals surface area (Å²) in [5.41, 5.74) is 3.38. The molecule has 0 aliphatic heterocycles. The van der Waals surface area contributed by atoms with Gasteiger partial charge in [0.05, 0.1) is 6.54 Å². The van der Waals surface area contributed by atoms with E-state index in [1.807, 2.05) is 38.1 Å². The molecule has 3 aromatic rings. The zero-order valence-electron chi connectivity index (χ0n) is 11.4. The van der Waals surface area contributed by atoms with Gasteiger partial charge in [0, 0.05) is 17.0 Å². The minimum absolute atomic E-state index is 0.152. The van der Waals surface area contributed by atoms with Gasteiger partial charge in [0.2, 0.25) is 0 Å². The van der Waals surface area contributed by atoms with E-state index in [1.54, 1.807) is 6.07 Å². The highest BCUT2D eigenvalue weighted by Crippen LogP contribution is 2.18. The van der Waals surface area contributed by atoms with Gasteiger partial charge in [-0.1, -0.05) is 23.4 Å². The number of hydrogen-bond acceptors (Lipinski definition) is 3. The maximum Gasteiger partial charge on any atom is 0.268 e. The predicted molar refractivity (Wildman–Crippen MR) is 75.4 cm³/mol. The van der Waals surface area contributed by atoms with Crippen molar-refractivity contribution in [3.8, 4) is 0 Å². The van der Waals surface area contributed by atoms with Crippen molar-refractivity contribution in [2.75, 3.05) is 0 Å². The molecule has 0 saturated carbocycles. The van der Waals surface area contributed by atoms with Gasteiger partial charge in [-0.3, -0.25) is 4.79 Å². The molecule has 5 nitrogen and oxygen atoms in total. The van der Waals surface area contributed by atoms with Crippen molar-refractivity contribution in [1.82, 2.24) is 15.5 Å². The van der Waals surface area contributed by atoms with E-state index in [9.17, 15) is 4.79 Å². The topological polar surface area (TPSA) is 70.9 Å². The monoisotopic (exact) mass is 269 g/mol. The van der Waals surface area contributed by atoms with Gasteiger partial charge >= 0.3 is 0 Å². The molecule has 102 valence electrons. The van der Waals surface area contributed by atoms with Crippen molar-refractivity contribution >= 4 is 16.8 Å². The van der Waals surface area contributed by atoms with Crippen LogP contribution in [0.4, 0.5) is 0 Å². The molecule has 0 fully saturated rings. The summed E-state index contributed by atoms with van der Waals surface area (Å²) in [6.07, 6.45) is 0. The third kappa shape index (κ3) is 2.30. The van der Waals surface area contributed by atoms with Crippen molar-refractivity contribution in [3.05, 3.63) is 53.0 Å². The first kappa shape index (κ1) is 12.5. The summed E-state index contributed by atoms with van der Waals surface area (Å²) in [7, 11) is 0. The summed E-state index contributed by atoms with van der Waals surface area (Å²) in [6, 6.07) is 9.63. The number of aromatic amines is 1. The molecule has 0 radical (unpaired) electrons. The zero-order valence-corrected chi connectivity index (χ0v) is 11.4. The third-order valence-electron chi connectivity index (χ3n) is 3.22. The van der Waals surface area contributed by atoms with Crippen molar-refractivity contribution in [2.45, 2.75) is 20.4 Å². The third-order valence-corrected chi connectivity index (χ3v) is 3.22. The molecule has 2 N–H and O–H groups in total. The highest BCUT2D eigenvalue weighted by atomic mass is 16.5. The number of carbonyl (C=O) groups is 1. The lowest BCUT2D eigenvalue weighted by Gasteiger charge is -2.00. The first-order valence-corrected chi connectivity index (χ1v) is 6.42. The molecule has 3 rings (SSSR count). The van der Waals surface area contributed by atoms with Gasteiger partial charge in [-0.2, -0.15) is 0 Å². The van der Waals surface area contributed by atoms with E-state index in [2.05, 4.69) is 15.5 Å². The fourth-order valence-corrected chi connectivity index (χ4v) is 2.20. The Bertz CT molecular complexity index is 770. The molecule has 1 amide bonds.